The summed E-state index contributed by atoms with van der Waals surface area (Å²) in [5, 5.41) is 10.1. The molecule has 0 aliphatic heterocycles. The van der Waals surface area contributed by atoms with E-state index in [2.05, 4.69) is 73.9 Å². The Morgan fingerprint density at radius 2 is 1.26 bits per heavy atom. The molecule has 1 N–H and O–H groups in total. The molecule has 2 aromatic carbocycles. The molecule has 35 heavy (non-hydrogen) atoms. The number of hydrogen-bond acceptors (Lipinski definition) is 3. The van der Waals surface area contributed by atoms with E-state index in [-0.39, 0.29) is 0 Å². The van der Waals surface area contributed by atoms with Gasteiger partial charge in [-0.1, -0.05) is 12.1 Å². The number of aliphatic carboxylic acids is 1. The lowest BCUT2D eigenvalue weighted by molar-refractivity contribution is -0.462. The molecule has 182 valence electrons. The maximum atomic E-state index is 12.4. The zero-order valence-electron chi connectivity index (χ0n) is 21.7. The first-order chi connectivity index (χ1) is 16.8. The first-order valence-electron chi connectivity index (χ1n) is 12.6. The van der Waals surface area contributed by atoms with Crippen molar-refractivity contribution in [2.75, 3.05) is 50.1 Å². The number of carboxylic acids is 1. The molecule has 0 aromatic heterocycles. The number of fused-ring (bicyclic) bond motifs is 3. The van der Waals surface area contributed by atoms with Gasteiger partial charge in [-0.3, -0.25) is 0 Å². The lowest BCUT2D eigenvalue weighted by Crippen LogP contribution is -2.22. The molecule has 5 heteroatoms. The predicted octanol–water partition coefficient (Wildman–Crippen LogP) is 5.46. The van der Waals surface area contributed by atoms with E-state index in [1.807, 2.05) is 30.8 Å². The van der Waals surface area contributed by atoms with Crippen LogP contribution in [0, 0.1) is 0 Å². The summed E-state index contributed by atoms with van der Waals surface area (Å²) in [6.45, 7) is 12.4. The molecule has 2 aromatic rings. The quantitative estimate of drug-likeness (QED) is 0.466. The van der Waals surface area contributed by atoms with Crippen molar-refractivity contribution in [2.24, 2.45) is 0 Å². The number of anilines is 2. The number of benzene rings is 2. The van der Waals surface area contributed by atoms with Crippen LogP contribution in [0.4, 0.5) is 11.4 Å². The Hall–Kier alpha value is -3.60. The first kappa shape index (κ1) is 24.5. The summed E-state index contributed by atoms with van der Waals surface area (Å²) < 4.78 is 1.93. The Balaban J connectivity index is 2.02. The lowest BCUT2D eigenvalue weighted by atomic mass is 9.89. The second-order valence-electron chi connectivity index (χ2n) is 9.11. The van der Waals surface area contributed by atoms with E-state index in [0.29, 0.717) is 5.57 Å². The van der Waals surface area contributed by atoms with Gasteiger partial charge in [0.05, 0.1) is 5.57 Å². The molecule has 0 spiro atoms. The van der Waals surface area contributed by atoms with E-state index in [0.717, 1.165) is 54.2 Å². The minimum absolute atomic E-state index is 0.325. The third-order valence-electron chi connectivity index (χ3n) is 7.11. The molecular weight excluding hydrogens is 434 g/mol. The van der Waals surface area contributed by atoms with Crippen LogP contribution in [0.25, 0.3) is 16.7 Å². The number of hydrogen-bond donors (Lipinski definition) is 1. The number of nitrogens with zero attached hydrogens (tertiary/aromatic N) is 3. The second kappa shape index (κ2) is 9.95. The summed E-state index contributed by atoms with van der Waals surface area (Å²) in [5.41, 5.74) is 9.85. The maximum absolute atomic E-state index is 12.4. The van der Waals surface area contributed by atoms with Crippen molar-refractivity contribution in [1.29, 1.82) is 0 Å². The normalized spacial score (nSPS) is 14.0. The molecule has 0 saturated carbocycles. The van der Waals surface area contributed by atoms with Crippen LogP contribution in [0.5, 0.6) is 0 Å². The summed E-state index contributed by atoms with van der Waals surface area (Å²) in [7, 11) is 3.86. The Labute approximate surface area is 209 Å². The number of allylic oxidation sites excluding steroid dienone is 3. The van der Waals surface area contributed by atoms with Gasteiger partial charge in [0, 0.05) is 49.7 Å². The number of rotatable bonds is 7. The van der Waals surface area contributed by atoms with Gasteiger partial charge in [0.15, 0.2) is 5.71 Å². The Kier molecular flexibility index (Phi) is 6.97. The van der Waals surface area contributed by atoms with Crippen LogP contribution in [0.1, 0.15) is 38.8 Å². The fourth-order valence-corrected chi connectivity index (χ4v) is 5.16. The van der Waals surface area contributed by atoms with Crippen LogP contribution in [0.2, 0.25) is 0 Å². The third kappa shape index (κ3) is 4.31. The van der Waals surface area contributed by atoms with Crippen LogP contribution in [-0.4, -0.2) is 61.6 Å². The van der Waals surface area contributed by atoms with Gasteiger partial charge in [-0.2, -0.15) is 0 Å². The first-order valence-corrected chi connectivity index (χ1v) is 12.6. The highest BCUT2D eigenvalue weighted by Gasteiger charge is 2.31. The van der Waals surface area contributed by atoms with Crippen LogP contribution in [-0.2, 0) is 4.79 Å². The average Bonchev–Trinajstić information content (AvgIpc) is 3.18. The average molecular weight is 471 g/mol. The Morgan fingerprint density at radius 1 is 0.771 bits per heavy atom. The van der Waals surface area contributed by atoms with E-state index < -0.39 is 5.97 Å². The summed E-state index contributed by atoms with van der Waals surface area (Å²) in [4.78, 5) is 17.1. The molecule has 2 aliphatic carbocycles. The van der Waals surface area contributed by atoms with E-state index in [4.69, 9.17) is 0 Å². The standard InChI is InChI=1S/C30H35N3O2/c1-7-32(8-2)21-12-15-23-26(18-21)27-19-22(33(9-3)10-4)13-16-24(27)29(23)25-14-11-20(31(5)6)17-28(25)30(34)35/h11-19H,7-10H2,1-6H3/p+1. The topological polar surface area (TPSA) is 46.8 Å². The van der Waals surface area contributed by atoms with Crippen LogP contribution >= 0.6 is 0 Å². The van der Waals surface area contributed by atoms with Gasteiger partial charge in [0.25, 0.3) is 0 Å². The van der Waals surface area contributed by atoms with Crippen molar-refractivity contribution in [1.82, 2.24) is 0 Å². The van der Waals surface area contributed by atoms with E-state index in [9.17, 15) is 9.90 Å². The van der Waals surface area contributed by atoms with Crippen LogP contribution < -0.4 is 9.80 Å². The molecule has 0 unspecified atom stereocenters. The van der Waals surface area contributed by atoms with Gasteiger partial charge < -0.3 is 14.9 Å². The van der Waals surface area contributed by atoms with Gasteiger partial charge >= 0.3 is 5.97 Å². The molecule has 0 saturated heterocycles. The molecule has 2 aliphatic rings. The maximum Gasteiger partial charge on any atom is 0.336 e. The second-order valence-corrected chi connectivity index (χ2v) is 9.11. The van der Waals surface area contributed by atoms with Crippen molar-refractivity contribution >= 4 is 28.6 Å². The third-order valence-corrected chi connectivity index (χ3v) is 7.11. The zero-order valence-corrected chi connectivity index (χ0v) is 21.7. The molecule has 0 radical (unpaired) electrons. The number of carboxylic acid groups (broad SMARTS) is 1. The highest BCUT2D eigenvalue weighted by molar-refractivity contribution is 6.15. The molecule has 5 nitrogen and oxygen atoms in total. The molecule has 0 bridgehead atoms. The summed E-state index contributed by atoms with van der Waals surface area (Å²) in [5.74, 6) is -0.911. The molecular formula is C30H36N3O2+. The minimum Gasteiger partial charge on any atom is -0.478 e. The van der Waals surface area contributed by atoms with Crippen molar-refractivity contribution in [3.8, 4) is 11.1 Å². The van der Waals surface area contributed by atoms with E-state index >= 15 is 0 Å². The fourth-order valence-electron chi connectivity index (χ4n) is 5.16. The summed E-state index contributed by atoms with van der Waals surface area (Å²) in [6.07, 6.45) is 5.74. The SMILES string of the molecule is CCN(CC)c1ccc2c(c1)-c1cc(N(CC)CC)ccc1C2=C1C=CC(=[N+](C)C)C=C1C(=O)O. The molecule has 0 heterocycles. The van der Waals surface area contributed by atoms with Crippen molar-refractivity contribution < 1.29 is 14.5 Å². The molecule has 0 atom stereocenters. The lowest BCUT2D eigenvalue weighted by Gasteiger charge is -2.23. The minimum atomic E-state index is -0.911. The zero-order chi connectivity index (χ0) is 25.3. The van der Waals surface area contributed by atoms with Crippen LogP contribution in [0.15, 0.2) is 65.8 Å². The smallest absolute Gasteiger partial charge is 0.336 e. The van der Waals surface area contributed by atoms with E-state index in [1.54, 1.807) is 6.08 Å². The van der Waals surface area contributed by atoms with Crippen molar-refractivity contribution in [3.05, 3.63) is 76.9 Å². The van der Waals surface area contributed by atoms with Gasteiger partial charge in [0.1, 0.15) is 14.1 Å². The van der Waals surface area contributed by atoms with Gasteiger partial charge in [-0.15, -0.1) is 0 Å². The van der Waals surface area contributed by atoms with E-state index in [1.165, 1.54) is 22.5 Å². The Bertz CT molecular complexity index is 1220. The Morgan fingerprint density at radius 3 is 1.66 bits per heavy atom. The molecule has 0 amide bonds. The summed E-state index contributed by atoms with van der Waals surface area (Å²) in [6, 6.07) is 13.2. The van der Waals surface area contributed by atoms with Crippen molar-refractivity contribution in [3.63, 3.8) is 0 Å². The monoisotopic (exact) mass is 470 g/mol. The van der Waals surface area contributed by atoms with Gasteiger partial charge in [-0.25, -0.2) is 9.37 Å². The van der Waals surface area contributed by atoms with Crippen LogP contribution in [0.3, 0.4) is 0 Å². The fraction of sp³-hybridized carbons (Fsp3) is 0.333. The molecule has 4 rings (SSSR count). The highest BCUT2D eigenvalue weighted by Crippen LogP contribution is 2.49. The summed E-state index contributed by atoms with van der Waals surface area (Å²) >= 11 is 0. The highest BCUT2D eigenvalue weighted by atomic mass is 16.4. The van der Waals surface area contributed by atoms with Gasteiger partial charge in [0.2, 0.25) is 0 Å². The molecule has 0 fully saturated rings. The number of carbonyl (C=O) groups is 1. The predicted molar refractivity (Wildman–Crippen MR) is 147 cm³/mol. The van der Waals surface area contributed by atoms with Gasteiger partial charge in [-0.05, 0) is 91.4 Å². The van der Waals surface area contributed by atoms with Crippen molar-refractivity contribution in [2.45, 2.75) is 27.7 Å². The largest absolute Gasteiger partial charge is 0.478 e.